The minimum Gasteiger partial charge on any atom is -0.380 e. The van der Waals surface area contributed by atoms with Gasteiger partial charge in [0.05, 0.1) is 6.61 Å². The molecule has 1 rings (SSSR count). The van der Waals surface area contributed by atoms with Crippen LogP contribution in [0.5, 0.6) is 0 Å². The van der Waals surface area contributed by atoms with Gasteiger partial charge in [0, 0.05) is 19.2 Å². The van der Waals surface area contributed by atoms with E-state index < -0.39 is 0 Å². The number of nitrogens with zero attached hydrogens (tertiary/aromatic N) is 1. The Hall–Kier alpha value is -0.120. The van der Waals surface area contributed by atoms with E-state index in [1.54, 1.807) is 0 Å². The molecule has 13 heavy (non-hydrogen) atoms. The van der Waals surface area contributed by atoms with E-state index in [2.05, 4.69) is 18.9 Å². The number of likely N-dealkylation sites (N-methyl/N-ethyl adjacent to an activating group) is 1. The second-order valence-corrected chi connectivity index (χ2v) is 4.14. The Labute approximate surface area is 81.2 Å². The Balaban J connectivity index is 2.18. The average molecular weight is 186 g/mol. The minimum atomic E-state index is 0.639. The predicted molar refractivity (Wildman–Crippen MR) is 54.7 cm³/mol. The van der Waals surface area contributed by atoms with Gasteiger partial charge in [0.2, 0.25) is 0 Å². The fraction of sp³-hybridized carbons (Fsp3) is 1.00. The maximum Gasteiger partial charge on any atom is 0.0622 e. The zero-order chi connectivity index (χ0) is 9.68. The number of hydrogen-bond donors (Lipinski definition) is 1. The molecule has 0 saturated carbocycles. The smallest absolute Gasteiger partial charge is 0.0622 e. The molecule has 3 nitrogen and oxygen atoms in total. The third-order valence-electron chi connectivity index (χ3n) is 2.79. The zero-order valence-corrected chi connectivity index (χ0v) is 8.83. The normalized spacial score (nSPS) is 25.4. The van der Waals surface area contributed by atoms with Crippen LogP contribution in [0.2, 0.25) is 0 Å². The summed E-state index contributed by atoms with van der Waals surface area (Å²) in [5.74, 6) is 0.704. The molecule has 1 saturated heterocycles. The average Bonchev–Trinajstić information content (AvgIpc) is 2.55. The van der Waals surface area contributed by atoms with E-state index in [1.807, 2.05) is 0 Å². The summed E-state index contributed by atoms with van der Waals surface area (Å²) < 4.78 is 5.35. The highest BCUT2D eigenvalue weighted by Crippen LogP contribution is 2.13. The lowest BCUT2D eigenvalue weighted by Gasteiger charge is -2.25. The molecule has 2 unspecified atom stereocenters. The molecular formula is C10H22N2O. The van der Waals surface area contributed by atoms with E-state index in [4.69, 9.17) is 10.5 Å². The molecule has 0 bridgehead atoms. The van der Waals surface area contributed by atoms with Gasteiger partial charge in [-0.3, -0.25) is 0 Å². The van der Waals surface area contributed by atoms with Crippen molar-refractivity contribution in [2.24, 2.45) is 11.7 Å². The SMILES string of the molecule is CC(CCN)CN(C)C1CCOC1. The monoisotopic (exact) mass is 186 g/mol. The van der Waals surface area contributed by atoms with Crippen LogP contribution in [-0.4, -0.2) is 44.3 Å². The number of nitrogens with two attached hydrogens (primary N) is 1. The Morgan fingerprint density at radius 1 is 1.62 bits per heavy atom. The molecule has 0 aromatic rings. The van der Waals surface area contributed by atoms with Crippen molar-refractivity contribution in [1.29, 1.82) is 0 Å². The first kappa shape index (κ1) is 11.0. The molecular weight excluding hydrogens is 164 g/mol. The van der Waals surface area contributed by atoms with E-state index in [0.29, 0.717) is 12.0 Å². The quantitative estimate of drug-likeness (QED) is 0.686. The molecule has 0 radical (unpaired) electrons. The van der Waals surface area contributed by atoms with Crippen LogP contribution in [0.1, 0.15) is 19.8 Å². The van der Waals surface area contributed by atoms with Crippen LogP contribution in [-0.2, 0) is 4.74 Å². The van der Waals surface area contributed by atoms with Crippen molar-refractivity contribution in [1.82, 2.24) is 4.90 Å². The van der Waals surface area contributed by atoms with Gasteiger partial charge < -0.3 is 15.4 Å². The lowest BCUT2D eigenvalue weighted by atomic mass is 10.1. The summed E-state index contributed by atoms with van der Waals surface area (Å²) in [6, 6.07) is 0.639. The first-order chi connectivity index (χ1) is 6.24. The summed E-state index contributed by atoms with van der Waals surface area (Å²) in [6.07, 6.45) is 2.31. The Morgan fingerprint density at radius 2 is 2.38 bits per heavy atom. The molecule has 1 aliphatic rings. The van der Waals surface area contributed by atoms with E-state index in [1.165, 1.54) is 6.42 Å². The summed E-state index contributed by atoms with van der Waals surface area (Å²) >= 11 is 0. The topological polar surface area (TPSA) is 38.5 Å². The van der Waals surface area contributed by atoms with Gasteiger partial charge >= 0.3 is 0 Å². The van der Waals surface area contributed by atoms with Gasteiger partial charge in [0.1, 0.15) is 0 Å². The van der Waals surface area contributed by atoms with Crippen LogP contribution in [0.15, 0.2) is 0 Å². The molecule has 1 fully saturated rings. The first-order valence-electron chi connectivity index (χ1n) is 5.22. The molecule has 0 amide bonds. The lowest BCUT2D eigenvalue weighted by molar-refractivity contribution is 0.150. The number of hydrogen-bond acceptors (Lipinski definition) is 3. The van der Waals surface area contributed by atoms with Crippen LogP contribution >= 0.6 is 0 Å². The minimum absolute atomic E-state index is 0.639. The molecule has 1 aliphatic heterocycles. The summed E-state index contributed by atoms with van der Waals surface area (Å²) in [6.45, 7) is 6.05. The molecule has 0 aromatic carbocycles. The van der Waals surface area contributed by atoms with Crippen LogP contribution < -0.4 is 5.73 Å². The molecule has 0 aromatic heterocycles. The van der Waals surface area contributed by atoms with Gasteiger partial charge in [-0.15, -0.1) is 0 Å². The van der Waals surface area contributed by atoms with Crippen molar-refractivity contribution in [3.05, 3.63) is 0 Å². The molecule has 78 valence electrons. The largest absolute Gasteiger partial charge is 0.380 e. The van der Waals surface area contributed by atoms with E-state index in [0.717, 1.165) is 32.7 Å². The van der Waals surface area contributed by atoms with Crippen LogP contribution in [0.25, 0.3) is 0 Å². The van der Waals surface area contributed by atoms with Gasteiger partial charge in [0.25, 0.3) is 0 Å². The van der Waals surface area contributed by atoms with Crippen LogP contribution in [0.3, 0.4) is 0 Å². The summed E-state index contributed by atoms with van der Waals surface area (Å²) in [4.78, 5) is 2.41. The summed E-state index contributed by atoms with van der Waals surface area (Å²) in [5, 5.41) is 0. The summed E-state index contributed by atoms with van der Waals surface area (Å²) in [5.41, 5.74) is 5.52. The number of rotatable bonds is 5. The van der Waals surface area contributed by atoms with Crippen LogP contribution in [0, 0.1) is 5.92 Å². The highest BCUT2D eigenvalue weighted by Gasteiger charge is 2.20. The van der Waals surface area contributed by atoms with Gasteiger partial charge in [-0.25, -0.2) is 0 Å². The second-order valence-electron chi connectivity index (χ2n) is 4.14. The molecule has 0 spiro atoms. The third kappa shape index (κ3) is 3.63. The standard InChI is InChI=1S/C10H22N2O/c1-9(3-5-11)7-12(2)10-4-6-13-8-10/h9-10H,3-8,11H2,1-2H3. The van der Waals surface area contributed by atoms with Gasteiger partial charge in [-0.05, 0) is 32.4 Å². The maximum atomic E-state index is 5.52. The molecule has 2 atom stereocenters. The van der Waals surface area contributed by atoms with E-state index in [9.17, 15) is 0 Å². The first-order valence-corrected chi connectivity index (χ1v) is 5.22. The fourth-order valence-electron chi connectivity index (χ4n) is 1.89. The Morgan fingerprint density at radius 3 is 2.92 bits per heavy atom. The highest BCUT2D eigenvalue weighted by molar-refractivity contribution is 4.74. The molecule has 2 N–H and O–H groups in total. The van der Waals surface area contributed by atoms with Crippen LogP contribution in [0.4, 0.5) is 0 Å². The zero-order valence-electron chi connectivity index (χ0n) is 8.83. The van der Waals surface area contributed by atoms with Crippen molar-refractivity contribution >= 4 is 0 Å². The highest BCUT2D eigenvalue weighted by atomic mass is 16.5. The van der Waals surface area contributed by atoms with Crippen molar-refractivity contribution in [2.75, 3.05) is 33.4 Å². The molecule has 3 heteroatoms. The van der Waals surface area contributed by atoms with Gasteiger partial charge in [0.15, 0.2) is 0 Å². The summed E-state index contributed by atoms with van der Waals surface area (Å²) in [7, 11) is 2.19. The second kappa shape index (κ2) is 5.58. The molecule has 0 aliphatic carbocycles. The fourth-order valence-corrected chi connectivity index (χ4v) is 1.89. The van der Waals surface area contributed by atoms with Crippen molar-refractivity contribution in [2.45, 2.75) is 25.8 Å². The van der Waals surface area contributed by atoms with Crippen molar-refractivity contribution in [3.8, 4) is 0 Å². The Kier molecular flexibility index (Phi) is 4.70. The lowest BCUT2D eigenvalue weighted by Crippen LogP contribution is -2.35. The van der Waals surface area contributed by atoms with Crippen molar-refractivity contribution < 1.29 is 4.74 Å². The maximum absolute atomic E-state index is 5.52. The van der Waals surface area contributed by atoms with Gasteiger partial charge in [-0.1, -0.05) is 6.92 Å². The molecule has 1 heterocycles. The van der Waals surface area contributed by atoms with E-state index in [-0.39, 0.29) is 0 Å². The predicted octanol–water partition coefficient (Wildman–Crippen LogP) is 0.692. The Bertz CT molecular complexity index is 135. The van der Waals surface area contributed by atoms with Gasteiger partial charge in [-0.2, -0.15) is 0 Å². The third-order valence-corrected chi connectivity index (χ3v) is 2.79. The number of ether oxygens (including phenoxy) is 1. The van der Waals surface area contributed by atoms with E-state index >= 15 is 0 Å². The van der Waals surface area contributed by atoms with Crippen molar-refractivity contribution in [3.63, 3.8) is 0 Å².